The maximum Gasteiger partial charge on any atom is 0.224 e. The number of nitrogens with zero attached hydrogens (tertiary/aromatic N) is 1. The molecule has 2 saturated carbocycles. The van der Waals surface area contributed by atoms with Crippen LogP contribution in [0.15, 0.2) is 0 Å². The summed E-state index contributed by atoms with van der Waals surface area (Å²) in [5, 5.41) is 0. The Bertz CT molecular complexity index is 362. The lowest BCUT2D eigenvalue weighted by Crippen LogP contribution is -2.54. The maximum atomic E-state index is 12.8. The fourth-order valence-corrected chi connectivity index (χ4v) is 4.88. The first-order valence-electron chi connectivity index (χ1n) is 8.67. The van der Waals surface area contributed by atoms with Gasteiger partial charge in [0.15, 0.2) is 0 Å². The molecule has 3 nitrogen and oxygen atoms in total. The maximum absolute atomic E-state index is 12.8. The molecule has 3 fully saturated rings. The number of hydrogen-bond acceptors (Lipinski definition) is 2. The summed E-state index contributed by atoms with van der Waals surface area (Å²) in [4.78, 5) is 15.0. The van der Waals surface area contributed by atoms with Crippen LogP contribution in [0.3, 0.4) is 0 Å². The quantitative estimate of drug-likeness (QED) is 0.843. The molecule has 0 radical (unpaired) electrons. The average molecular weight is 278 g/mol. The molecule has 3 atom stereocenters. The minimum Gasteiger partial charge on any atom is -0.339 e. The van der Waals surface area contributed by atoms with Crippen LogP contribution in [-0.2, 0) is 4.79 Å². The molecule has 1 saturated heterocycles. The van der Waals surface area contributed by atoms with Gasteiger partial charge in [-0.2, -0.15) is 0 Å². The van der Waals surface area contributed by atoms with Gasteiger partial charge in [-0.3, -0.25) is 4.79 Å². The molecule has 2 N–H and O–H groups in total. The molecule has 2 aliphatic carbocycles. The van der Waals surface area contributed by atoms with E-state index in [0.29, 0.717) is 18.4 Å². The summed E-state index contributed by atoms with van der Waals surface area (Å²) < 4.78 is 0. The van der Waals surface area contributed by atoms with Crippen molar-refractivity contribution in [1.29, 1.82) is 0 Å². The van der Waals surface area contributed by atoms with E-state index >= 15 is 0 Å². The van der Waals surface area contributed by atoms with Crippen molar-refractivity contribution in [3.8, 4) is 0 Å². The molecule has 0 aromatic heterocycles. The second kappa shape index (κ2) is 5.67. The molecule has 114 valence electrons. The summed E-state index contributed by atoms with van der Waals surface area (Å²) >= 11 is 0. The fourth-order valence-electron chi connectivity index (χ4n) is 4.88. The highest BCUT2D eigenvalue weighted by atomic mass is 16.2. The number of fused-ring (bicyclic) bond motifs is 1. The summed E-state index contributed by atoms with van der Waals surface area (Å²) in [6.45, 7) is 3.35. The van der Waals surface area contributed by atoms with Crippen molar-refractivity contribution >= 4 is 5.91 Å². The molecule has 0 aromatic carbocycles. The first kappa shape index (κ1) is 14.4. The number of piperidine rings is 1. The van der Waals surface area contributed by atoms with E-state index in [1.165, 1.54) is 44.9 Å². The van der Waals surface area contributed by atoms with Gasteiger partial charge in [-0.15, -0.1) is 0 Å². The Labute approximate surface area is 123 Å². The lowest BCUT2D eigenvalue weighted by atomic mass is 9.72. The normalized spacial score (nSPS) is 36.7. The van der Waals surface area contributed by atoms with Crippen LogP contribution in [0.1, 0.15) is 71.1 Å². The molecular weight excluding hydrogens is 248 g/mol. The van der Waals surface area contributed by atoms with Crippen LogP contribution in [0.4, 0.5) is 0 Å². The Kier molecular flexibility index (Phi) is 4.07. The molecule has 3 unspecified atom stereocenters. The molecule has 3 aliphatic rings. The van der Waals surface area contributed by atoms with Crippen molar-refractivity contribution in [2.75, 3.05) is 6.54 Å². The van der Waals surface area contributed by atoms with Crippen molar-refractivity contribution in [1.82, 2.24) is 4.90 Å². The standard InChI is InChI=1S/C17H30N2O/c1-13-8-11-19(15-7-3-2-6-14(13)15)16(20)12-17(18)9-4-5-10-17/h13-15H,2-12,18H2,1H3. The van der Waals surface area contributed by atoms with Gasteiger partial charge in [-0.25, -0.2) is 0 Å². The molecule has 1 amide bonds. The number of nitrogens with two attached hydrogens (primary N) is 1. The number of amides is 1. The highest BCUT2D eigenvalue weighted by molar-refractivity contribution is 5.78. The third-order valence-electron chi connectivity index (χ3n) is 6.16. The van der Waals surface area contributed by atoms with Gasteiger partial charge in [0, 0.05) is 24.5 Å². The number of rotatable bonds is 2. The summed E-state index contributed by atoms with van der Waals surface area (Å²) in [6, 6.07) is 0.519. The average Bonchev–Trinajstić information content (AvgIpc) is 2.86. The predicted molar refractivity (Wildman–Crippen MR) is 81.2 cm³/mol. The van der Waals surface area contributed by atoms with Gasteiger partial charge in [-0.1, -0.05) is 32.6 Å². The van der Waals surface area contributed by atoms with Crippen molar-refractivity contribution in [2.45, 2.75) is 82.7 Å². The highest BCUT2D eigenvalue weighted by Crippen LogP contribution is 2.40. The summed E-state index contributed by atoms with van der Waals surface area (Å²) in [5.41, 5.74) is 6.22. The van der Waals surface area contributed by atoms with E-state index in [-0.39, 0.29) is 5.54 Å². The van der Waals surface area contributed by atoms with Crippen molar-refractivity contribution < 1.29 is 4.79 Å². The van der Waals surface area contributed by atoms with E-state index < -0.39 is 0 Å². The van der Waals surface area contributed by atoms with Gasteiger partial charge in [0.2, 0.25) is 5.91 Å². The van der Waals surface area contributed by atoms with Gasteiger partial charge in [0.05, 0.1) is 0 Å². The minimum absolute atomic E-state index is 0.190. The molecule has 3 heteroatoms. The number of hydrogen-bond donors (Lipinski definition) is 1. The zero-order valence-corrected chi connectivity index (χ0v) is 12.9. The van der Waals surface area contributed by atoms with Crippen LogP contribution >= 0.6 is 0 Å². The Hall–Kier alpha value is -0.570. The van der Waals surface area contributed by atoms with Gasteiger partial charge in [0.25, 0.3) is 0 Å². The van der Waals surface area contributed by atoms with Gasteiger partial charge in [0.1, 0.15) is 0 Å². The molecular formula is C17H30N2O. The van der Waals surface area contributed by atoms with E-state index in [1.54, 1.807) is 0 Å². The third kappa shape index (κ3) is 2.74. The summed E-state index contributed by atoms with van der Waals surface area (Å²) in [5.74, 6) is 1.89. The second-order valence-electron chi connectivity index (χ2n) is 7.62. The van der Waals surface area contributed by atoms with Gasteiger partial charge < -0.3 is 10.6 Å². The number of carbonyl (C=O) groups excluding carboxylic acids is 1. The van der Waals surface area contributed by atoms with Crippen LogP contribution in [0, 0.1) is 11.8 Å². The topological polar surface area (TPSA) is 46.3 Å². The SMILES string of the molecule is CC1CCN(C(=O)CC2(N)CCCC2)C2CCCCC12. The van der Waals surface area contributed by atoms with E-state index in [0.717, 1.165) is 31.2 Å². The highest BCUT2D eigenvalue weighted by Gasteiger charge is 2.41. The van der Waals surface area contributed by atoms with E-state index in [1.807, 2.05) is 0 Å². The lowest BCUT2D eigenvalue weighted by molar-refractivity contribution is -0.140. The predicted octanol–water partition coefficient (Wildman–Crippen LogP) is 3.08. The number of carbonyl (C=O) groups is 1. The van der Waals surface area contributed by atoms with Crippen LogP contribution in [0.2, 0.25) is 0 Å². The van der Waals surface area contributed by atoms with E-state index in [2.05, 4.69) is 11.8 Å². The Balaban J connectivity index is 1.67. The largest absolute Gasteiger partial charge is 0.339 e. The summed E-state index contributed by atoms with van der Waals surface area (Å²) in [6.07, 6.45) is 11.4. The zero-order valence-electron chi connectivity index (χ0n) is 12.9. The van der Waals surface area contributed by atoms with E-state index in [9.17, 15) is 4.79 Å². The van der Waals surface area contributed by atoms with Crippen molar-refractivity contribution in [2.24, 2.45) is 17.6 Å². The van der Waals surface area contributed by atoms with Crippen LogP contribution in [0.5, 0.6) is 0 Å². The smallest absolute Gasteiger partial charge is 0.224 e. The first-order valence-corrected chi connectivity index (χ1v) is 8.67. The van der Waals surface area contributed by atoms with Crippen LogP contribution in [0.25, 0.3) is 0 Å². The molecule has 1 aliphatic heterocycles. The van der Waals surface area contributed by atoms with E-state index in [4.69, 9.17) is 5.73 Å². The summed E-state index contributed by atoms with van der Waals surface area (Å²) in [7, 11) is 0. The first-order chi connectivity index (χ1) is 9.59. The van der Waals surface area contributed by atoms with Crippen molar-refractivity contribution in [3.63, 3.8) is 0 Å². The lowest BCUT2D eigenvalue weighted by Gasteiger charge is -2.48. The second-order valence-corrected chi connectivity index (χ2v) is 7.62. The van der Waals surface area contributed by atoms with Crippen molar-refractivity contribution in [3.05, 3.63) is 0 Å². The Morgan fingerprint density at radius 3 is 2.60 bits per heavy atom. The van der Waals surface area contributed by atoms with Gasteiger partial charge in [-0.05, 0) is 43.9 Å². The third-order valence-corrected chi connectivity index (χ3v) is 6.16. The molecule has 20 heavy (non-hydrogen) atoms. The Morgan fingerprint density at radius 1 is 1.15 bits per heavy atom. The fraction of sp³-hybridized carbons (Fsp3) is 0.941. The number of likely N-dealkylation sites (tertiary alicyclic amines) is 1. The van der Waals surface area contributed by atoms with Crippen LogP contribution in [-0.4, -0.2) is 28.9 Å². The molecule has 0 spiro atoms. The van der Waals surface area contributed by atoms with Crippen LogP contribution < -0.4 is 5.73 Å². The molecule has 1 heterocycles. The molecule has 3 rings (SSSR count). The molecule has 0 aromatic rings. The monoisotopic (exact) mass is 278 g/mol. The van der Waals surface area contributed by atoms with Gasteiger partial charge >= 0.3 is 0 Å². The molecule has 0 bridgehead atoms. The minimum atomic E-state index is -0.190. The zero-order chi connectivity index (χ0) is 14.2. The Morgan fingerprint density at radius 2 is 1.85 bits per heavy atom.